The normalized spacial score (nSPS) is 28.7. The van der Waals surface area contributed by atoms with Gasteiger partial charge in [0.1, 0.15) is 0 Å². The molecule has 2 aromatic rings. The van der Waals surface area contributed by atoms with Crippen molar-refractivity contribution in [3.8, 4) is 0 Å². The predicted octanol–water partition coefficient (Wildman–Crippen LogP) is 3.00. The molecule has 0 saturated carbocycles. The van der Waals surface area contributed by atoms with Crippen LogP contribution in [-0.2, 0) is 31.3 Å². The number of ether oxygens (including phenoxy) is 1. The Kier molecular flexibility index (Phi) is 9.00. The number of nitrogens with zero attached hydrogens (tertiary/aromatic N) is 3. The second-order valence-electron chi connectivity index (χ2n) is 13.8. The van der Waals surface area contributed by atoms with Crippen molar-refractivity contribution in [3.05, 3.63) is 63.7 Å². The van der Waals surface area contributed by atoms with Crippen LogP contribution in [0.2, 0.25) is 18.6 Å². The van der Waals surface area contributed by atoms with Crippen molar-refractivity contribution in [1.29, 1.82) is 0 Å². The molecule has 6 rings (SSSR count). The number of aliphatic hydroxyl groups is 1. The topological polar surface area (TPSA) is 175 Å². The molecule has 252 valence electrons. The van der Waals surface area contributed by atoms with Crippen LogP contribution >= 0.6 is 0 Å². The molecule has 47 heavy (non-hydrogen) atoms. The number of benzene rings is 2. The lowest BCUT2D eigenvalue weighted by atomic mass is 9.82. The Balaban J connectivity index is 1.31. The van der Waals surface area contributed by atoms with Gasteiger partial charge in [-0.05, 0) is 69.1 Å². The number of aliphatic hydroxyl groups excluding tert-OH is 1. The zero-order chi connectivity index (χ0) is 33.7. The van der Waals surface area contributed by atoms with E-state index in [9.17, 15) is 34.4 Å². The van der Waals surface area contributed by atoms with Crippen LogP contribution in [-0.4, -0.2) is 83.6 Å². The van der Waals surface area contributed by atoms with Crippen molar-refractivity contribution < 1.29 is 33.9 Å². The van der Waals surface area contributed by atoms with Crippen molar-refractivity contribution in [3.63, 3.8) is 0 Å². The third kappa shape index (κ3) is 5.97. The molecule has 4 aliphatic rings. The number of rotatable bonds is 9. The van der Waals surface area contributed by atoms with Crippen molar-refractivity contribution in [2.24, 2.45) is 5.92 Å². The number of hydrogen-bond acceptors (Lipinski definition) is 9. The molecule has 4 N–H and O–H groups in total. The fourth-order valence-corrected chi connectivity index (χ4v) is 10.7. The summed E-state index contributed by atoms with van der Waals surface area (Å²) in [6.45, 7) is 6.67. The van der Waals surface area contributed by atoms with E-state index in [0.29, 0.717) is 29.9 Å². The highest BCUT2D eigenvalue weighted by Gasteiger charge is 2.66. The van der Waals surface area contributed by atoms with Crippen LogP contribution < -0.4 is 15.5 Å². The third-order valence-corrected chi connectivity index (χ3v) is 12.9. The Hall–Kier alpha value is -3.69. The quantitative estimate of drug-likeness (QED) is 0.178. The molecule has 3 saturated heterocycles. The summed E-state index contributed by atoms with van der Waals surface area (Å²) in [5.41, 5.74) is -0.142. The first kappa shape index (κ1) is 33.2. The second-order valence-corrected chi connectivity index (χ2v) is 17.8. The highest BCUT2D eigenvalue weighted by molar-refractivity contribution is 6.71. The van der Waals surface area contributed by atoms with E-state index < -0.39 is 42.3 Å². The van der Waals surface area contributed by atoms with Crippen LogP contribution in [0.5, 0.6) is 0 Å². The van der Waals surface area contributed by atoms with Crippen molar-refractivity contribution in [2.75, 3.05) is 29.9 Å². The highest BCUT2D eigenvalue weighted by Crippen LogP contribution is 2.60. The molecule has 3 amide bonds. The molecule has 0 unspecified atom stereocenters. The fourth-order valence-electron chi connectivity index (χ4n) is 8.19. The second kappa shape index (κ2) is 12.7. The van der Waals surface area contributed by atoms with E-state index in [0.717, 1.165) is 31.4 Å². The van der Waals surface area contributed by atoms with Crippen LogP contribution in [0.25, 0.3) is 0 Å². The average molecular weight is 666 g/mol. The largest absolute Gasteiger partial charge is 0.432 e. The van der Waals surface area contributed by atoms with E-state index in [1.807, 2.05) is 19.1 Å². The van der Waals surface area contributed by atoms with Gasteiger partial charge >= 0.3 is 0 Å². The summed E-state index contributed by atoms with van der Waals surface area (Å²) in [6, 6.07) is 11.0. The van der Waals surface area contributed by atoms with E-state index in [2.05, 4.69) is 10.6 Å². The van der Waals surface area contributed by atoms with Gasteiger partial charge in [0.2, 0.25) is 11.8 Å². The lowest BCUT2D eigenvalue weighted by Crippen LogP contribution is -2.46. The van der Waals surface area contributed by atoms with E-state index in [1.165, 1.54) is 12.1 Å². The van der Waals surface area contributed by atoms with Crippen molar-refractivity contribution >= 4 is 43.1 Å². The monoisotopic (exact) mass is 665 g/mol. The summed E-state index contributed by atoms with van der Waals surface area (Å²) in [5, 5.41) is 27.8. The minimum Gasteiger partial charge on any atom is -0.432 e. The van der Waals surface area contributed by atoms with E-state index in [-0.39, 0.29) is 49.2 Å². The first-order valence-corrected chi connectivity index (χ1v) is 19.4. The molecule has 2 aromatic carbocycles. The SMILES string of the molecule is C[C@H]1[C@H]([Si](C)(C)O)[C@@H](CC(=O)N2CCC[C@H]2CO)O[C@]12C(=O)N(Cc1ccc(NC(=O)[C@H]3CCCN3)cc1)c1ccc([N+](=O)[O-])cc12. The van der Waals surface area contributed by atoms with Gasteiger partial charge in [-0.15, -0.1) is 0 Å². The van der Waals surface area contributed by atoms with Gasteiger partial charge in [0.25, 0.3) is 11.6 Å². The van der Waals surface area contributed by atoms with Gasteiger partial charge in [0.15, 0.2) is 13.9 Å². The Morgan fingerprint density at radius 1 is 1.17 bits per heavy atom. The molecule has 4 aliphatic heterocycles. The number of fused-ring (bicyclic) bond motifs is 2. The summed E-state index contributed by atoms with van der Waals surface area (Å²) < 4.78 is 6.71. The summed E-state index contributed by atoms with van der Waals surface area (Å²) in [5.74, 6) is -1.31. The highest BCUT2D eigenvalue weighted by atomic mass is 28.4. The van der Waals surface area contributed by atoms with Crippen LogP contribution in [0.1, 0.15) is 50.2 Å². The number of carbonyl (C=O) groups excluding carboxylic acids is 3. The Morgan fingerprint density at radius 3 is 2.55 bits per heavy atom. The number of non-ortho nitro benzene ring substituents is 1. The summed E-state index contributed by atoms with van der Waals surface area (Å²) >= 11 is 0. The van der Waals surface area contributed by atoms with Crippen LogP contribution in [0.4, 0.5) is 17.1 Å². The molecule has 4 heterocycles. The zero-order valence-corrected chi connectivity index (χ0v) is 28.0. The molecule has 6 atom stereocenters. The fraction of sp³-hybridized carbons (Fsp3) is 0.545. The van der Waals surface area contributed by atoms with E-state index >= 15 is 0 Å². The molecule has 0 bridgehead atoms. The minimum atomic E-state index is -3.08. The van der Waals surface area contributed by atoms with Crippen LogP contribution in [0, 0.1) is 16.0 Å². The first-order chi connectivity index (χ1) is 22.3. The smallest absolute Gasteiger partial charge is 0.269 e. The molecule has 0 radical (unpaired) electrons. The van der Waals surface area contributed by atoms with Gasteiger partial charge in [-0.25, -0.2) is 0 Å². The summed E-state index contributed by atoms with van der Waals surface area (Å²) in [6.07, 6.45) is 2.33. The lowest BCUT2D eigenvalue weighted by molar-refractivity contribution is -0.385. The van der Waals surface area contributed by atoms with Gasteiger partial charge in [-0.3, -0.25) is 24.5 Å². The molecular formula is C33H43N5O8Si. The Morgan fingerprint density at radius 2 is 1.91 bits per heavy atom. The Bertz CT molecular complexity index is 1560. The van der Waals surface area contributed by atoms with Crippen LogP contribution in [0.3, 0.4) is 0 Å². The number of nitrogens with one attached hydrogen (secondary N) is 2. The maximum absolute atomic E-state index is 14.7. The molecule has 0 aliphatic carbocycles. The van der Waals surface area contributed by atoms with Crippen LogP contribution in [0.15, 0.2) is 42.5 Å². The van der Waals surface area contributed by atoms with Crippen molar-refractivity contribution in [2.45, 2.75) is 88.0 Å². The molecule has 0 aromatic heterocycles. The number of carbonyl (C=O) groups is 3. The molecule has 13 nitrogen and oxygen atoms in total. The predicted molar refractivity (Wildman–Crippen MR) is 176 cm³/mol. The molecular weight excluding hydrogens is 622 g/mol. The maximum atomic E-state index is 14.7. The van der Waals surface area contributed by atoms with Gasteiger partial charge in [0.05, 0.1) is 48.4 Å². The van der Waals surface area contributed by atoms with Crippen molar-refractivity contribution in [1.82, 2.24) is 10.2 Å². The number of nitro groups is 1. The lowest BCUT2D eigenvalue weighted by Gasteiger charge is -2.32. The number of nitro benzene ring substituents is 1. The van der Waals surface area contributed by atoms with Gasteiger partial charge < -0.3 is 35.1 Å². The minimum absolute atomic E-state index is 0.0780. The average Bonchev–Trinajstić information content (AvgIpc) is 3.82. The van der Waals surface area contributed by atoms with E-state index in [1.54, 1.807) is 41.1 Å². The third-order valence-electron chi connectivity index (χ3n) is 10.4. The van der Waals surface area contributed by atoms with Gasteiger partial charge in [-0.1, -0.05) is 19.1 Å². The number of amides is 3. The van der Waals surface area contributed by atoms with Gasteiger partial charge in [0, 0.05) is 41.4 Å². The number of anilines is 2. The first-order valence-electron chi connectivity index (χ1n) is 16.4. The standard InChI is InChI=1S/C33H43N5O8Si/c1-20-30(47(2,3)45)28(17-29(40)36-15-5-6-24(36)19-39)46-33(20)25-16-23(38(43)44)12-13-27(25)37(32(33)42)18-21-8-10-22(11-9-21)35-31(41)26-7-4-14-34-26/h8-13,16,20,24,26,28,30,34,39,45H,4-7,14-15,17-19H2,1-3H3,(H,35,41)/t20-,24-,26+,28+,30-,33+/m0/s1. The van der Waals surface area contributed by atoms with Gasteiger partial charge in [-0.2, -0.15) is 0 Å². The van der Waals surface area contributed by atoms with E-state index in [4.69, 9.17) is 4.74 Å². The maximum Gasteiger partial charge on any atom is 0.269 e. The summed E-state index contributed by atoms with van der Waals surface area (Å²) in [4.78, 5) is 66.9. The zero-order valence-electron chi connectivity index (χ0n) is 27.0. The number of hydrogen-bond donors (Lipinski definition) is 4. The molecule has 14 heteroatoms. The molecule has 1 spiro atoms. The Labute approximate surface area is 274 Å². The molecule has 3 fully saturated rings. The number of likely N-dealkylation sites (tertiary alicyclic amines) is 1. The summed E-state index contributed by atoms with van der Waals surface area (Å²) in [7, 11) is -3.08.